The van der Waals surface area contributed by atoms with Gasteiger partial charge in [0.25, 0.3) is 0 Å². The maximum atomic E-state index is 12.3. The number of thioether (sulfide) groups is 1. The molecule has 1 aliphatic heterocycles. The molecule has 0 spiro atoms. The lowest BCUT2D eigenvalue weighted by Crippen LogP contribution is -2.33. The van der Waals surface area contributed by atoms with Gasteiger partial charge < -0.3 is 4.90 Å². The highest BCUT2D eigenvalue weighted by atomic mass is 32.2. The molecule has 0 radical (unpaired) electrons. The largest absolute Gasteiger partial charge is 0.338 e. The van der Waals surface area contributed by atoms with E-state index in [4.69, 9.17) is 0 Å². The molecule has 0 saturated carbocycles. The van der Waals surface area contributed by atoms with Crippen LogP contribution in [0.5, 0.6) is 0 Å². The van der Waals surface area contributed by atoms with Crippen LogP contribution >= 0.6 is 34.4 Å². The number of Topliss-reactive ketones (excluding diaryl/α,β-unsaturated/α-hetero) is 1. The predicted molar refractivity (Wildman–Crippen MR) is 86.3 cm³/mol. The fourth-order valence-corrected chi connectivity index (χ4v) is 4.93. The number of thiazole rings is 1. The van der Waals surface area contributed by atoms with E-state index in [0.717, 1.165) is 27.7 Å². The van der Waals surface area contributed by atoms with E-state index in [1.165, 1.54) is 16.6 Å². The Hall–Kier alpha value is -1.18. The van der Waals surface area contributed by atoms with Gasteiger partial charge in [-0.15, -0.1) is 22.7 Å². The molecule has 0 aromatic carbocycles. The molecule has 21 heavy (non-hydrogen) atoms. The number of hydrogen-bond acceptors (Lipinski definition) is 6. The van der Waals surface area contributed by atoms with Gasteiger partial charge in [0.15, 0.2) is 5.78 Å². The second kappa shape index (κ2) is 6.29. The van der Waals surface area contributed by atoms with E-state index >= 15 is 0 Å². The lowest BCUT2D eigenvalue weighted by Gasteiger charge is -2.25. The number of thiophene rings is 1. The summed E-state index contributed by atoms with van der Waals surface area (Å²) in [6, 6.07) is 1.96. The molecule has 3 heterocycles. The lowest BCUT2D eigenvalue weighted by atomic mass is 10.1. The Morgan fingerprint density at radius 3 is 3.05 bits per heavy atom. The van der Waals surface area contributed by atoms with Gasteiger partial charge in [-0.2, -0.15) is 0 Å². The van der Waals surface area contributed by atoms with Gasteiger partial charge >= 0.3 is 0 Å². The van der Waals surface area contributed by atoms with Gasteiger partial charge in [-0.1, -0.05) is 11.8 Å². The molecule has 0 atom stereocenters. The highest BCUT2D eigenvalue weighted by Gasteiger charge is 2.22. The van der Waals surface area contributed by atoms with Crippen LogP contribution in [-0.4, -0.2) is 33.9 Å². The molecular weight excluding hydrogens is 324 g/mol. The number of amides is 1. The highest BCUT2D eigenvalue weighted by Crippen LogP contribution is 2.30. The Labute approximate surface area is 135 Å². The van der Waals surface area contributed by atoms with Crippen molar-refractivity contribution in [2.24, 2.45) is 0 Å². The Balaban J connectivity index is 1.67. The van der Waals surface area contributed by atoms with Gasteiger partial charge in [-0.25, -0.2) is 4.98 Å². The maximum Gasteiger partial charge on any atom is 0.219 e. The standard InChI is InChI=1S/C14H14N2O2S3/c1-9(17)16-4-2-12-10(7-16)6-13(21-12)11(18)8-20-14-15-3-5-19-14/h3,5-6H,2,4,7-8H2,1H3. The summed E-state index contributed by atoms with van der Waals surface area (Å²) < 4.78 is 0.924. The van der Waals surface area contributed by atoms with Crippen LogP contribution < -0.4 is 0 Å². The molecular formula is C14H14N2O2S3. The summed E-state index contributed by atoms with van der Waals surface area (Å²) in [7, 11) is 0. The molecule has 0 N–H and O–H groups in total. The minimum Gasteiger partial charge on any atom is -0.338 e. The Kier molecular flexibility index (Phi) is 4.42. The van der Waals surface area contributed by atoms with Gasteiger partial charge in [0.1, 0.15) is 4.34 Å². The van der Waals surface area contributed by atoms with Crippen molar-refractivity contribution >= 4 is 46.1 Å². The molecule has 7 heteroatoms. The SMILES string of the molecule is CC(=O)N1CCc2sc(C(=O)CSc3nccs3)cc2C1. The average Bonchev–Trinajstić information content (AvgIpc) is 3.12. The molecule has 0 saturated heterocycles. The first kappa shape index (κ1) is 14.7. The van der Waals surface area contributed by atoms with Crippen molar-refractivity contribution in [1.29, 1.82) is 0 Å². The molecule has 4 nitrogen and oxygen atoms in total. The molecule has 110 valence electrons. The molecule has 0 fully saturated rings. The Morgan fingerprint density at radius 2 is 2.33 bits per heavy atom. The summed E-state index contributed by atoms with van der Waals surface area (Å²) in [5.74, 6) is 0.659. The van der Waals surface area contributed by atoms with Crippen molar-refractivity contribution in [2.75, 3.05) is 12.3 Å². The van der Waals surface area contributed by atoms with Gasteiger partial charge in [-0.05, 0) is 18.1 Å². The first-order valence-electron chi connectivity index (χ1n) is 6.56. The van der Waals surface area contributed by atoms with Crippen LogP contribution in [0.4, 0.5) is 0 Å². The van der Waals surface area contributed by atoms with Gasteiger partial charge in [0.05, 0.1) is 10.6 Å². The summed E-state index contributed by atoms with van der Waals surface area (Å²) in [6.07, 6.45) is 2.60. The minimum atomic E-state index is 0.0963. The van der Waals surface area contributed by atoms with Crippen LogP contribution in [-0.2, 0) is 17.8 Å². The van der Waals surface area contributed by atoms with Crippen molar-refractivity contribution in [3.05, 3.63) is 33.0 Å². The highest BCUT2D eigenvalue weighted by molar-refractivity contribution is 8.01. The second-order valence-corrected chi connectivity index (χ2v) is 8.01. The van der Waals surface area contributed by atoms with E-state index in [1.807, 2.05) is 16.3 Å². The molecule has 0 bridgehead atoms. The zero-order valence-electron chi connectivity index (χ0n) is 11.5. The number of hydrogen-bond donors (Lipinski definition) is 0. The average molecular weight is 338 g/mol. The van der Waals surface area contributed by atoms with E-state index < -0.39 is 0 Å². The molecule has 0 unspecified atom stereocenters. The number of nitrogens with zero attached hydrogens (tertiary/aromatic N) is 2. The van der Waals surface area contributed by atoms with Gasteiger partial charge in [0, 0.05) is 36.5 Å². The van der Waals surface area contributed by atoms with E-state index in [9.17, 15) is 9.59 Å². The van der Waals surface area contributed by atoms with E-state index in [0.29, 0.717) is 12.3 Å². The fourth-order valence-electron chi connectivity index (χ4n) is 2.22. The third-order valence-corrected chi connectivity index (χ3v) is 6.57. The van der Waals surface area contributed by atoms with Crippen molar-refractivity contribution in [2.45, 2.75) is 24.2 Å². The van der Waals surface area contributed by atoms with Gasteiger partial charge in [-0.3, -0.25) is 9.59 Å². The first-order valence-corrected chi connectivity index (χ1v) is 9.24. The molecule has 1 amide bonds. The van der Waals surface area contributed by atoms with Crippen LogP contribution in [0.3, 0.4) is 0 Å². The molecule has 3 rings (SSSR count). The van der Waals surface area contributed by atoms with Crippen LogP contribution in [0.1, 0.15) is 27.0 Å². The van der Waals surface area contributed by atoms with Crippen LogP contribution in [0.15, 0.2) is 22.0 Å². The number of fused-ring (bicyclic) bond motifs is 1. The Bertz CT molecular complexity index is 664. The van der Waals surface area contributed by atoms with Gasteiger partial charge in [0.2, 0.25) is 5.91 Å². The van der Waals surface area contributed by atoms with Crippen LogP contribution in [0.25, 0.3) is 0 Å². The van der Waals surface area contributed by atoms with E-state index in [2.05, 4.69) is 4.98 Å². The number of rotatable bonds is 4. The fraction of sp³-hybridized carbons (Fsp3) is 0.357. The number of carbonyl (C=O) groups is 2. The van der Waals surface area contributed by atoms with Crippen molar-refractivity contribution in [3.8, 4) is 0 Å². The van der Waals surface area contributed by atoms with Crippen molar-refractivity contribution < 1.29 is 9.59 Å². The normalized spacial score (nSPS) is 14.0. The maximum absolute atomic E-state index is 12.3. The summed E-state index contributed by atoms with van der Waals surface area (Å²) >= 11 is 4.61. The van der Waals surface area contributed by atoms with E-state index in [1.54, 1.807) is 35.8 Å². The number of aromatic nitrogens is 1. The quantitative estimate of drug-likeness (QED) is 0.635. The number of carbonyl (C=O) groups excluding carboxylic acids is 2. The molecule has 2 aromatic rings. The summed E-state index contributed by atoms with van der Waals surface area (Å²) in [5.41, 5.74) is 1.13. The molecule has 2 aromatic heterocycles. The molecule has 0 aliphatic carbocycles. The topological polar surface area (TPSA) is 50.3 Å². The summed E-state index contributed by atoms with van der Waals surface area (Å²) in [6.45, 7) is 2.98. The second-order valence-electron chi connectivity index (χ2n) is 4.76. The Morgan fingerprint density at radius 1 is 1.48 bits per heavy atom. The van der Waals surface area contributed by atoms with Crippen molar-refractivity contribution in [1.82, 2.24) is 9.88 Å². The zero-order chi connectivity index (χ0) is 14.8. The monoisotopic (exact) mass is 338 g/mol. The van der Waals surface area contributed by atoms with Crippen LogP contribution in [0, 0.1) is 0 Å². The smallest absolute Gasteiger partial charge is 0.219 e. The van der Waals surface area contributed by atoms with E-state index in [-0.39, 0.29) is 11.7 Å². The number of ketones is 1. The first-order chi connectivity index (χ1) is 10.1. The third kappa shape index (κ3) is 3.36. The summed E-state index contributed by atoms with van der Waals surface area (Å²) in [4.78, 5) is 31.7. The zero-order valence-corrected chi connectivity index (χ0v) is 13.9. The lowest BCUT2D eigenvalue weighted by molar-refractivity contribution is -0.129. The van der Waals surface area contributed by atoms with Crippen LogP contribution in [0.2, 0.25) is 0 Å². The molecule has 1 aliphatic rings. The summed E-state index contributed by atoms with van der Waals surface area (Å²) in [5, 5.41) is 1.91. The third-order valence-electron chi connectivity index (χ3n) is 3.32. The predicted octanol–water partition coefficient (Wildman–Crippen LogP) is 3.08. The van der Waals surface area contributed by atoms with Crippen molar-refractivity contribution in [3.63, 3.8) is 0 Å². The minimum absolute atomic E-state index is 0.0963.